The van der Waals surface area contributed by atoms with Crippen molar-refractivity contribution >= 4 is 0 Å². The highest BCUT2D eigenvalue weighted by molar-refractivity contribution is 5.22. The average molecular weight is 271 g/mol. The van der Waals surface area contributed by atoms with Crippen molar-refractivity contribution in [2.45, 2.75) is 12.6 Å². The normalized spacial score (nSPS) is 19.9. The summed E-state index contributed by atoms with van der Waals surface area (Å²) in [6, 6.07) is 11.2. The van der Waals surface area contributed by atoms with Crippen LogP contribution in [0.2, 0.25) is 0 Å². The summed E-state index contributed by atoms with van der Waals surface area (Å²) in [6.07, 6.45) is 3.63. The van der Waals surface area contributed by atoms with Crippen molar-refractivity contribution in [2.75, 3.05) is 19.6 Å². The second-order valence-electron chi connectivity index (χ2n) is 5.10. The molecular weight excluding hydrogens is 253 g/mol. The Hall–Kier alpha value is -1.78. The molecule has 1 fully saturated rings. The minimum absolute atomic E-state index is 0.170. The van der Waals surface area contributed by atoms with Gasteiger partial charge in [-0.2, -0.15) is 0 Å². The molecule has 1 N–H and O–H groups in total. The van der Waals surface area contributed by atoms with E-state index in [1.54, 1.807) is 12.1 Å². The van der Waals surface area contributed by atoms with Gasteiger partial charge in [0.15, 0.2) is 0 Å². The van der Waals surface area contributed by atoms with Crippen molar-refractivity contribution in [1.82, 2.24) is 15.2 Å². The SMILES string of the molecule is Fc1cccc(C2CNCCN2Cc2ccncc2)c1. The molecule has 1 aromatic carbocycles. The molecule has 1 aliphatic rings. The summed E-state index contributed by atoms with van der Waals surface area (Å²) >= 11 is 0. The summed E-state index contributed by atoms with van der Waals surface area (Å²) in [5.74, 6) is -0.170. The lowest BCUT2D eigenvalue weighted by Crippen LogP contribution is -2.45. The van der Waals surface area contributed by atoms with Crippen LogP contribution in [0.15, 0.2) is 48.8 Å². The molecule has 3 nitrogen and oxygen atoms in total. The first-order chi connectivity index (χ1) is 9.83. The zero-order chi connectivity index (χ0) is 13.8. The van der Waals surface area contributed by atoms with Crippen LogP contribution < -0.4 is 5.32 Å². The van der Waals surface area contributed by atoms with Gasteiger partial charge in [-0.25, -0.2) is 4.39 Å². The van der Waals surface area contributed by atoms with Crippen LogP contribution in [0, 0.1) is 5.82 Å². The number of nitrogens with zero attached hydrogens (tertiary/aromatic N) is 2. The fourth-order valence-corrected chi connectivity index (χ4v) is 2.70. The van der Waals surface area contributed by atoms with E-state index in [1.807, 2.05) is 30.6 Å². The van der Waals surface area contributed by atoms with Crippen LogP contribution in [-0.4, -0.2) is 29.5 Å². The molecule has 0 aliphatic carbocycles. The predicted octanol–water partition coefficient (Wildman–Crippen LogP) is 2.37. The van der Waals surface area contributed by atoms with Gasteiger partial charge in [-0.15, -0.1) is 0 Å². The maximum absolute atomic E-state index is 13.4. The Morgan fingerprint density at radius 3 is 2.90 bits per heavy atom. The summed E-state index contributed by atoms with van der Waals surface area (Å²) in [5.41, 5.74) is 2.27. The van der Waals surface area contributed by atoms with Crippen molar-refractivity contribution < 1.29 is 4.39 Å². The van der Waals surface area contributed by atoms with E-state index in [1.165, 1.54) is 11.6 Å². The van der Waals surface area contributed by atoms with E-state index in [0.717, 1.165) is 31.7 Å². The van der Waals surface area contributed by atoms with Crippen LogP contribution in [-0.2, 0) is 6.54 Å². The molecule has 0 spiro atoms. The Kier molecular flexibility index (Phi) is 4.04. The smallest absolute Gasteiger partial charge is 0.123 e. The van der Waals surface area contributed by atoms with E-state index in [4.69, 9.17) is 0 Å². The third-order valence-corrected chi connectivity index (χ3v) is 3.72. The number of aromatic nitrogens is 1. The van der Waals surface area contributed by atoms with Crippen molar-refractivity contribution in [2.24, 2.45) is 0 Å². The van der Waals surface area contributed by atoms with Gasteiger partial charge in [-0.05, 0) is 35.4 Å². The third-order valence-electron chi connectivity index (χ3n) is 3.72. The summed E-state index contributed by atoms with van der Waals surface area (Å²) < 4.78 is 13.4. The predicted molar refractivity (Wildman–Crippen MR) is 76.7 cm³/mol. The molecule has 1 aromatic heterocycles. The van der Waals surface area contributed by atoms with Crippen LogP contribution in [0.4, 0.5) is 4.39 Å². The first kappa shape index (κ1) is 13.2. The maximum Gasteiger partial charge on any atom is 0.123 e. The highest BCUT2D eigenvalue weighted by Gasteiger charge is 2.23. The highest BCUT2D eigenvalue weighted by Crippen LogP contribution is 2.24. The summed E-state index contributed by atoms with van der Waals surface area (Å²) in [6.45, 7) is 3.65. The van der Waals surface area contributed by atoms with Gasteiger partial charge in [0.05, 0.1) is 0 Å². The Morgan fingerprint density at radius 2 is 2.10 bits per heavy atom. The number of nitrogens with one attached hydrogen (secondary N) is 1. The lowest BCUT2D eigenvalue weighted by Gasteiger charge is -2.36. The molecule has 104 valence electrons. The van der Waals surface area contributed by atoms with Crippen LogP contribution in [0.3, 0.4) is 0 Å². The van der Waals surface area contributed by atoms with Gasteiger partial charge < -0.3 is 5.32 Å². The molecule has 2 aromatic rings. The Bertz CT molecular complexity index is 559. The Balaban J connectivity index is 1.80. The van der Waals surface area contributed by atoms with Gasteiger partial charge >= 0.3 is 0 Å². The Morgan fingerprint density at radius 1 is 1.25 bits per heavy atom. The molecule has 0 saturated carbocycles. The summed E-state index contributed by atoms with van der Waals surface area (Å²) in [7, 11) is 0. The van der Waals surface area contributed by atoms with Crippen LogP contribution in [0.1, 0.15) is 17.2 Å². The number of benzene rings is 1. The maximum atomic E-state index is 13.4. The number of piperazine rings is 1. The van der Waals surface area contributed by atoms with E-state index in [-0.39, 0.29) is 11.9 Å². The number of pyridine rings is 1. The minimum atomic E-state index is -0.170. The standard InChI is InChI=1S/C16H18FN3/c17-15-3-1-2-14(10-15)16-11-19-8-9-20(16)12-13-4-6-18-7-5-13/h1-7,10,16,19H,8-9,11-12H2. The molecule has 1 aliphatic heterocycles. The second kappa shape index (κ2) is 6.11. The number of rotatable bonds is 3. The molecule has 0 bridgehead atoms. The lowest BCUT2D eigenvalue weighted by atomic mass is 10.0. The zero-order valence-electron chi connectivity index (χ0n) is 11.3. The van der Waals surface area contributed by atoms with Crippen molar-refractivity contribution in [3.63, 3.8) is 0 Å². The third kappa shape index (κ3) is 3.03. The summed E-state index contributed by atoms with van der Waals surface area (Å²) in [5, 5.41) is 3.39. The first-order valence-electron chi connectivity index (χ1n) is 6.92. The first-order valence-corrected chi connectivity index (χ1v) is 6.92. The lowest BCUT2D eigenvalue weighted by molar-refractivity contribution is 0.153. The molecule has 2 heterocycles. The topological polar surface area (TPSA) is 28.2 Å². The Labute approximate surface area is 118 Å². The highest BCUT2D eigenvalue weighted by atomic mass is 19.1. The molecule has 3 rings (SSSR count). The quantitative estimate of drug-likeness (QED) is 0.929. The fraction of sp³-hybridized carbons (Fsp3) is 0.312. The van der Waals surface area contributed by atoms with E-state index in [0.29, 0.717) is 0 Å². The summed E-state index contributed by atoms with van der Waals surface area (Å²) in [4.78, 5) is 6.44. The van der Waals surface area contributed by atoms with Crippen molar-refractivity contribution in [1.29, 1.82) is 0 Å². The van der Waals surface area contributed by atoms with Gasteiger partial charge in [-0.3, -0.25) is 9.88 Å². The van der Waals surface area contributed by atoms with Gasteiger partial charge in [0.2, 0.25) is 0 Å². The molecule has 4 heteroatoms. The van der Waals surface area contributed by atoms with Crippen molar-refractivity contribution in [3.8, 4) is 0 Å². The van der Waals surface area contributed by atoms with Gasteiger partial charge in [0.1, 0.15) is 5.82 Å². The monoisotopic (exact) mass is 271 g/mol. The van der Waals surface area contributed by atoms with Gasteiger partial charge in [0.25, 0.3) is 0 Å². The van der Waals surface area contributed by atoms with E-state index in [2.05, 4.69) is 15.2 Å². The van der Waals surface area contributed by atoms with Crippen LogP contribution >= 0.6 is 0 Å². The minimum Gasteiger partial charge on any atom is -0.314 e. The number of hydrogen-bond acceptors (Lipinski definition) is 3. The molecule has 20 heavy (non-hydrogen) atoms. The largest absolute Gasteiger partial charge is 0.314 e. The molecule has 1 saturated heterocycles. The van der Waals surface area contributed by atoms with Crippen LogP contribution in [0.5, 0.6) is 0 Å². The van der Waals surface area contributed by atoms with E-state index < -0.39 is 0 Å². The number of hydrogen-bond donors (Lipinski definition) is 1. The average Bonchev–Trinajstić information content (AvgIpc) is 2.49. The molecule has 0 amide bonds. The second-order valence-corrected chi connectivity index (χ2v) is 5.10. The zero-order valence-corrected chi connectivity index (χ0v) is 11.3. The van der Waals surface area contributed by atoms with E-state index in [9.17, 15) is 4.39 Å². The van der Waals surface area contributed by atoms with Gasteiger partial charge in [-0.1, -0.05) is 12.1 Å². The number of halogens is 1. The molecule has 1 unspecified atom stereocenters. The van der Waals surface area contributed by atoms with Crippen LogP contribution in [0.25, 0.3) is 0 Å². The molecule has 0 radical (unpaired) electrons. The van der Waals surface area contributed by atoms with Gasteiger partial charge in [0, 0.05) is 44.6 Å². The molecule has 1 atom stereocenters. The van der Waals surface area contributed by atoms with E-state index >= 15 is 0 Å². The van der Waals surface area contributed by atoms with Crippen molar-refractivity contribution in [3.05, 3.63) is 65.7 Å². The molecular formula is C16H18FN3. The fourth-order valence-electron chi connectivity index (χ4n) is 2.70.